The molecule has 4 fully saturated rings. The summed E-state index contributed by atoms with van der Waals surface area (Å²) in [4.78, 5) is 33.1. The highest BCUT2D eigenvalue weighted by atomic mass is 32.2. The minimum Gasteiger partial charge on any atom is -0.483 e. The normalized spacial score (nSPS) is 22.5. The fourth-order valence-corrected chi connectivity index (χ4v) is 10.6. The first kappa shape index (κ1) is 45.0. The number of anilines is 1. The fourth-order valence-electron chi connectivity index (χ4n) is 9.65. The van der Waals surface area contributed by atoms with Crippen LogP contribution in [0, 0.1) is 26.4 Å². The van der Waals surface area contributed by atoms with Crippen LogP contribution in [0.3, 0.4) is 0 Å². The van der Waals surface area contributed by atoms with E-state index in [4.69, 9.17) is 19.9 Å². The number of carbonyl (C=O) groups is 1. The number of aromatic amines is 1. The second kappa shape index (κ2) is 17.6. The van der Waals surface area contributed by atoms with Crippen LogP contribution < -0.4 is 19.9 Å². The van der Waals surface area contributed by atoms with Crippen LogP contribution in [-0.2, 0) is 14.8 Å². The number of nitro benzene ring substituents is 1. The Bertz CT molecular complexity index is 2440. The predicted molar refractivity (Wildman–Crippen MR) is 236 cm³/mol. The van der Waals surface area contributed by atoms with Gasteiger partial charge < -0.3 is 24.9 Å². The largest absolute Gasteiger partial charge is 0.483 e. The number of nitrogen functional groups attached to an aromatic ring is 1. The van der Waals surface area contributed by atoms with Gasteiger partial charge in [0.15, 0.2) is 5.75 Å². The summed E-state index contributed by atoms with van der Waals surface area (Å²) >= 11 is 0. The van der Waals surface area contributed by atoms with Gasteiger partial charge in [0.2, 0.25) is 0 Å². The number of nitrogens with one attached hydrogen (secondary N) is 2. The molecule has 1 amide bonds. The molecule has 334 valence electrons. The molecule has 2 aromatic heterocycles. The van der Waals surface area contributed by atoms with Gasteiger partial charge in [-0.25, -0.2) is 22.5 Å². The number of likely N-dealkylation sites (N-methyl/N-ethyl adjacent to an activating group) is 1. The quantitative estimate of drug-likeness (QED) is 0.0446. The average Bonchev–Trinajstić information content (AvgIpc) is 3.67. The topological polar surface area (TPSA) is 192 Å². The number of fused-ring (bicyclic) bond motifs is 1. The van der Waals surface area contributed by atoms with E-state index in [1.165, 1.54) is 89.0 Å². The van der Waals surface area contributed by atoms with Gasteiger partial charge in [-0.2, -0.15) is 0 Å². The molecule has 1 aliphatic heterocycles. The summed E-state index contributed by atoms with van der Waals surface area (Å²) < 4.78 is 59.2. The van der Waals surface area contributed by atoms with Crippen LogP contribution in [0.2, 0.25) is 0 Å². The maximum atomic E-state index is 14.9. The number of aromatic nitrogens is 2. The number of nitrogens with zero attached hydrogens (tertiary/aromatic N) is 3. The Hall–Kier alpha value is -5.06. The molecular formula is C46H59FN6O8S. The lowest BCUT2D eigenvalue weighted by Crippen LogP contribution is -2.62. The number of benzene rings is 2. The van der Waals surface area contributed by atoms with Crippen molar-refractivity contribution in [2.75, 3.05) is 45.2 Å². The minimum atomic E-state index is -4.60. The maximum Gasteiger partial charge on any atom is 0.312 e. The van der Waals surface area contributed by atoms with Gasteiger partial charge in [-0.3, -0.25) is 19.8 Å². The first-order chi connectivity index (χ1) is 29.4. The van der Waals surface area contributed by atoms with Crippen molar-refractivity contribution in [1.29, 1.82) is 0 Å². The molecule has 0 spiro atoms. The van der Waals surface area contributed by atoms with Crippen LogP contribution >= 0.6 is 0 Å². The standard InChI is InChI=1S/C26H24FN5O8S.C20H35N/c27-26(6-9-38-10-7-26)15-39-22-4-2-19(13-21(22)32(34)35)41(36,37)31-25(33)20-3-1-17(28)12-23(20)40-18-11-16-5-8-29-24(16)30-14-18;1-6-19-13-20(14-19,15-19)17-11-18(4,5)10-9-16(17)12-21(7-2)8-3/h1-5,8,11-14H,6-7,9-10,15,28H2,(H,29,30)(H,31,33);6-15H2,1-5H3. The lowest BCUT2D eigenvalue weighted by atomic mass is 9.31. The number of pyridine rings is 1. The van der Waals surface area contributed by atoms with Crippen LogP contribution in [-0.4, -0.2) is 79.2 Å². The van der Waals surface area contributed by atoms with E-state index in [0.29, 0.717) is 16.5 Å². The number of ether oxygens (including phenoxy) is 3. The van der Waals surface area contributed by atoms with Crippen LogP contribution in [0.4, 0.5) is 15.8 Å². The molecule has 4 aliphatic carbocycles. The van der Waals surface area contributed by atoms with Crippen LogP contribution in [0.5, 0.6) is 17.2 Å². The van der Waals surface area contributed by atoms with E-state index in [2.05, 4.69) is 49.5 Å². The van der Waals surface area contributed by atoms with Crippen molar-refractivity contribution in [3.8, 4) is 17.2 Å². The zero-order valence-corrected chi connectivity index (χ0v) is 37.2. The monoisotopic (exact) mass is 874 g/mol. The SMILES string of the molecule is CCN(CC)CC1=C(C23CC(CC)(C2)C3)CC(C)(C)CC1.Nc1ccc(C(=O)NS(=O)(=O)c2ccc(OCC3(F)CCOCC3)c([N+](=O)[O-])c2)c(Oc2cnc3[nH]ccc3c2)c1. The second-order valence-electron chi connectivity index (χ2n) is 18.4. The van der Waals surface area contributed by atoms with E-state index < -0.39 is 43.7 Å². The van der Waals surface area contributed by atoms with Crippen LogP contribution in [0.1, 0.15) is 103 Å². The number of alkyl halides is 1. The number of amides is 1. The Morgan fingerprint density at radius 2 is 1.76 bits per heavy atom. The van der Waals surface area contributed by atoms with Gasteiger partial charge in [0, 0.05) is 62.0 Å². The predicted octanol–water partition coefficient (Wildman–Crippen LogP) is 9.28. The molecule has 0 atom stereocenters. The van der Waals surface area contributed by atoms with Gasteiger partial charge in [-0.15, -0.1) is 0 Å². The third-order valence-electron chi connectivity index (χ3n) is 13.4. The maximum absolute atomic E-state index is 14.9. The Morgan fingerprint density at radius 3 is 2.44 bits per heavy atom. The Labute approximate surface area is 363 Å². The van der Waals surface area contributed by atoms with Crippen molar-refractivity contribution in [1.82, 2.24) is 19.6 Å². The Morgan fingerprint density at radius 1 is 1.03 bits per heavy atom. The molecule has 9 rings (SSSR count). The van der Waals surface area contributed by atoms with Gasteiger partial charge in [0.1, 0.15) is 29.4 Å². The summed E-state index contributed by atoms with van der Waals surface area (Å²) in [5, 5.41) is 12.4. The number of sulfonamides is 1. The van der Waals surface area contributed by atoms with E-state index in [1.807, 2.05) is 15.9 Å². The zero-order valence-electron chi connectivity index (χ0n) is 36.4. The molecule has 5 aliphatic rings. The number of allylic oxidation sites excluding steroid dienone is 1. The molecular weight excluding hydrogens is 816 g/mol. The summed E-state index contributed by atoms with van der Waals surface area (Å²) in [6.07, 6.45) is 13.3. The molecule has 4 aromatic rings. The van der Waals surface area contributed by atoms with Crippen molar-refractivity contribution in [2.45, 2.75) is 103 Å². The van der Waals surface area contributed by atoms with Gasteiger partial charge >= 0.3 is 5.69 Å². The van der Waals surface area contributed by atoms with Crippen molar-refractivity contribution in [3.05, 3.63) is 87.7 Å². The van der Waals surface area contributed by atoms with E-state index in [0.717, 1.165) is 29.0 Å². The summed E-state index contributed by atoms with van der Waals surface area (Å²) in [5.41, 5.74) is 9.84. The first-order valence-corrected chi connectivity index (χ1v) is 23.1. The molecule has 0 radical (unpaired) electrons. The number of nitrogens with two attached hydrogens (primary N) is 1. The molecule has 1 saturated heterocycles. The summed E-state index contributed by atoms with van der Waals surface area (Å²) in [6, 6.07) is 10.2. The lowest BCUT2D eigenvalue weighted by Gasteiger charge is -2.73. The molecule has 14 nitrogen and oxygen atoms in total. The number of hydrogen-bond acceptors (Lipinski definition) is 11. The third-order valence-corrected chi connectivity index (χ3v) is 14.7. The average molecular weight is 875 g/mol. The molecule has 16 heteroatoms. The molecule has 62 heavy (non-hydrogen) atoms. The van der Waals surface area contributed by atoms with Crippen LogP contribution in [0.15, 0.2) is 77.0 Å². The third kappa shape index (κ3) is 9.61. The van der Waals surface area contributed by atoms with Gasteiger partial charge in [0.05, 0.1) is 21.6 Å². The molecule has 4 N–H and O–H groups in total. The van der Waals surface area contributed by atoms with E-state index in [1.54, 1.807) is 18.3 Å². The van der Waals surface area contributed by atoms with Gasteiger partial charge in [-0.05, 0) is 104 Å². The highest BCUT2D eigenvalue weighted by Crippen LogP contribution is 2.79. The highest BCUT2D eigenvalue weighted by Gasteiger charge is 2.68. The fraction of sp³-hybridized carbons (Fsp3) is 0.522. The number of nitro groups is 1. The molecule has 3 saturated carbocycles. The molecule has 3 heterocycles. The number of hydrogen-bond donors (Lipinski definition) is 3. The first-order valence-electron chi connectivity index (χ1n) is 21.6. The van der Waals surface area contributed by atoms with Crippen molar-refractivity contribution in [3.63, 3.8) is 0 Å². The van der Waals surface area contributed by atoms with Crippen LogP contribution in [0.25, 0.3) is 11.0 Å². The van der Waals surface area contributed by atoms with Crippen molar-refractivity contribution in [2.24, 2.45) is 16.2 Å². The summed E-state index contributed by atoms with van der Waals surface area (Å²) in [6.45, 7) is 15.6. The van der Waals surface area contributed by atoms with Crippen molar-refractivity contribution >= 4 is 38.3 Å². The molecule has 2 aromatic carbocycles. The summed E-state index contributed by atoms with van der Waals surface area (Å²) in [7, 11) is -4.60. The number of halogens is 1. The molecule has 2 bridgehead atoms. The van der Waals surface area contributed by atoms with Crippen molar-refractivity contribution < 1.29 is 36.7 Å². The Kier molecular flexibility index (Phi) is 12.8. The smallest absolute Gasteiger partial charge is 0.312 e. The van der Waals surface area contributed by atoms with E-state index >= 15 is 0 Å². The number of carbonyl (C=O) groups excluding carboxylic acids is 1. The number of H-pyrrole nitrogens is 1. The molecule has 0 unspecified atom stereocenters. The van der Waals surface area contributed by atoms with E-state index in [-0.39, 0.29) is 54.6 Å². The zero-order chi connectivity index (χ0) is 44.5. The summed E-state index contributed by atoms with van der Waals surface area (Å²) in [5.74, 6) is -1.16. The van der Waals surface area contributed by atoms with Gasteiger partial charge in [-0.1, -0.05) is 52.2 Å². The Balaban J connectivity index is 0.000000230. The minimum absolute atomic E-state index is 0.0441. The highest BCUT2D eigenvalue weighted by molar-refractivity contribution is 7.90. The lowest BCUT2D eigenvalue weighted by molar-refractivity contribution is -0.386. The van der Waals surface area contributed by atoms with E-state index in [9.17, 15) is 27.7 Å². The number of rotatable bonds is 15. The second-order valence-corrected chi connectivity index (χ2v) is 20.0. The van der Waals surface area contributed by atoms with Gasteiger partial charge in [0.25, 0.3) is 15.9 Å².